The Morgan fingerprint density at radius 1 is 0.920 bits per heavy atom. The maximum atomic E-state index is 10.2. The molecule has 0 atom stereocenters. The Bertz CT molecular complexity index is 427. The summed E-state index contributed by atoms with van der Waals surface area (Å²) >= 11 is 0. The standard InChI is InChI=1S/C12H26O4S.C6H12N2/c1-2-3-4-5-6-7-8-9-10-11-12-16-17(13,14)15;1-3-8-5-4-7(2)6-8/h2-12H2,1H3,(H,13,14,15);4-5H,3,6H2,1-2H3. The number of nitrogens with zero attached hydrogens (tertiary/aromatic N) is 2. The maximum Gasteiger partial charge on any atom is 0.397 e. The van der Waals surface area contributed by atoms with Crippen LogP contribution in [0.3, 0.4) is 0 Å². The molecule has 1 heterocycles. The SMILES string of the molecule is CCCCCCCCCCCCOS(=O)(=O)O.CCN1C=CN(C)C1. The molecule has 0 bridgehead atoms. The van der Waals surface area contributed by atoms with Gasteiger partial charge >= 0.3 is 10.4 Å². The highest BCUT2D eigenvalue weighted by atomic mass is 32.3. The van der Waals surface area contributed by atoms with Crippen LogP contribution in [-0.4, -0.2) is 49.6 Å². The Hall–Kier alpha value is -0.790. The minimum Gasteiger partial charge on any atom is -0.362 e. The molecule has 0 spiro atoms. The van der Waals surface area contributed by atoms with Crippen molar-refractivity contribution in [2.24, 2.45) is 0 Å². The molecule has 1 rings (SSSR count). The second-order valence-corrected chi connectivity index (χ2v) is 7.62. The number of hydrogen-bond donors (Lipinski definition) is 1. The van der Waals surface area contributed by atoms with E-state index in [1.54, 1.807) is 0 Å². The lowest BCUT2D eigenvalue weighted by Gasteiger charge is -2.14. The molecule has 150 valence electrons. The van der Waals surface area contributed by atoms with Gasteiger partial charge in [0.05, 0.1) is 13.3 Å². The van der Waals surface area contributed by atoms with Gasteiger partial charge in [0.1, 0.15) is 0 Å². The predicted molar refractivity (Wildman–Crippen MR) is 103 cm³/mol. The van der Waals surface area contributed by atoms with Crippen molar-refractivity contribution in [1.29, 1.82) is 0 Å². The summed E-state index contributed by atoms with van der Waals surface area (Å²) < 4.78 is 33.0. The molecule has 0 aliphatic carbocycles. The molecule has 6 nitrogen and oxygen atoms in total. The summed E-state index contributed by atoms with van der Waals surface area (Å²) in [6, 6.07) is 0. The smallest absolute Gasteiger partial charge is 0.362 e. The fraction of sp³-hybridized carbons (Fsp3) is 0.889. The van der Waals surface area contributed by atoms with Gasteiger partial charge in [-0.1, -0.05) is 64.7 Å². The predicted octanol–water partition coefficient (Wildman–Crippen LogP) is 4.41. The van der Waals surface area contributed by atoms with Crippen LogP contribution in [0.5, 0.6) is 0 Å². The van der Waals surface area contributed by atoms with E-state index in [4.69, 9.17) is 4.55 Å². The Labute approximate surface area is 155 Å². The Balaban J connectivity index is 0.000000593. The van der Waals surface area contributed by atoms with E-state index in [0.29, 0.717) is 6.42 Å². The largest absolute Gasteiger partial charge is 0.397 e. The van der Waals surface area contributed by atoms with E-state index in [0.717, 1.165) is 26.1 Å². The quantitative estimate of drug-likeness (QED) is 0.378. The first-order valence-corrected chi connectivity index (χ1v) is 11.0. The summed E-state index contributed by atoms with van der Waals surface area (Å²) in [7, 11) is -2.16. The molecule has 0 aromatic rings. The van der Waals surface area contributed by atoms with Gasteiger partial charge in [0, 0.05) is 26.0 Å². The molecule has 1 aliphatic rings. The first-order chi connectivity index (χ1) is 11.9. The monoisotopic (exact) mass is 378 g/mol. The van der Waals surface area contributed by atoms with Gasteiger partial charge in [0.15, 0.2) is 0 Å². The Kier molecular flexibility index (Phi) is 15.0. The lowest BCUT2D eigenvalue weighted by atomic mass is 10.1. The van der Waals surface area contributed by atoms with Gasteiger partial charge in [-0.2, -0.15) is 8.42 Å². The van der Waals surface area contributed by atoms with Crippen molar-refractivity contribution in [3.05, 3.63) is 12.4 Å². The van der Waals surface area contributed by atoms with E-state index < -0.39 is 10.4 Å². The molecule has 0 radical (unpaired) electrons. The Morgan fingerprint density at radius 3 is 1.80 bits per heavy atom. The zero-order valence-electron chi connectivity index (χ0n) is 16.3. The fourth-order valence-electron chi connectivity index (χ4n) is 2.55. The molecule has 1 N–H and O–H groups in total. The summed E-state index contributed by atoms with van der Waals surface area (Å²) in [6.07, 6.45) is 16.0. The van der Waals surface area contributed by atoms with Gasteiger partial charge in [-0.05, 0) is 13.3 Å². The van der Waals surface area contributed by atoms with Crippen LogP contribution in [0.15, 0.2) is 12.4 Å². The summed E-state index contributed by atoms with van der Waals surface area (Å²) in [5.74, 6) is 0. The fourth-order valence-corrected chi connectivity index (χ4v) is 2.88. The molecule has 7 heteroatoms. The van der Waals surface area contributed by atoms with Crippen LogP contribution in [0, 0.1) is 0 Å². The van der Waals surface area contributed by atoms with E-state index in [1.165, 1.54) is 44.9 Å². The molecule has 0 amide bonds. The second kappa shape index (κ2) is 15.5. The normalized spacial score (nSPS) is 13.9. The summed E-state index contributed by atoms with van der Waals surface area (Å²) in [4.78, 5) is 4.41. The second-order valence-electron chi connectivity index (χ2n) is 6.53. The van der Waals surface area contributed by atoms with Gasteiger partial charge in [-0.25, -0.2) is 4.18 Å². The highest BCUT2D eigenvalue weighted by molar-refractivity contribution is 7.80. The Morgan fingerprint density at radius 2 is 1.44 bits per heavy atom. The number of hydrogen-bond acceptors (Lipinski definition) is 5. The van der Waals surface area contributed by atoms with Crippen LogP contribution < -0.4 is 0 Å². The van der Waals surface area contributed by atoms with Crippen molar-refractivity contribution >= 4 is 10.4 Å². The third kappa shape index (κ3) is 17.8. The van der Waals surface area contributed by atoms with Gasteiger partial charge < -0.3 is 9.80 Å². The molecule has 0 aromatic carbocycles. The first-order valence-electron chi connectivity index (χ1n) is 9.63. The van der Waals surface area contributed by atoms with Crippen LogP contribution >= 0.6 is 0 Å². The van der Waals surface area contributed by atoms with Crippen molar-refractivity contribution in [3.63, 3.8) is 0 Å². The third-order valence-corrected chi connectivity index (χ3v) is 4.54. The summed E-state index contributed by atoms with van der Waals surface area (Å²) in [5, 5.41) is 0. The van der Waals surface area contributed by atoms with E-state index in [9.17, 15) is 8.42 Å². The number of unbranched alkanes of at least 4 members (excludes halogenated alkanes) is 9. The zero-order chi connectivity index (χ0) is 19.0. The van der Waals surface area contributed by atoms with E-state index >= 15 is 0 Å². The first kappa shape index (κ1) is 24.2. The maximum absolute atomic E-state index is 10.2. The highest BCUT2D eigenvalue weighted by Crippen LogP contribution is 2.10. The molecule has 0 unspecified atom stereocenters. The molecular formula is C18H38N2O4S. The molecule has 1 aliphatic heterocycles. The minimum atomic E-state index is -4.23. The van der Waals surface area contributed by atoms with E-state index in [1.807, 2.05) is 0 Å². The summed E-state index contributed by atoms with van der Waals surface area (Å²) in [5.41, 5.74) is 0. The third-order valence-electron chi connectivity index (χ3n) is 4.07. The average Bonchev–Trinajstić information content (AvgIpc) is 2.98. The van der Waals surface area contributed by atoms with Crippen LogP contribution in [-0.2, 0) is 14.6 Å². The van der Waals surface area contributed by atoms with E-state index in [-0.39, 0.29) is 6.61 Å². The molecule has 0 aromatic heterocycles. The average molecular weight is 379 g/mol. The van der Waals surface area contributed by atoms with Crippen LogP contribution in [0.2, 0.25) is 0 Å². The van der Waals surface area contributed by atoms with Crippen LogP contribution in [0.25, 0.3) is 0 Å². The van der Waals surface area contributed by atoms with Crippen LogP contribution in [0.1, 0.15) is 78.1 Å². The van der Waals surface area contributed by atoms with Gasteiger partial charge in [-0.15, -0.1) is 0 Å². The minimum absolute atomic E-state index is 0.0926. The topological polar surface area (TPSA) is 70.1 Å². The van der Waals surface area contributed by atoms with Crippen molar-refractivity contribution in [3.8, 4) is 0 Å². The van der Waals surface area contributed by atoms with Crippen molar-refractivity contribution < 1.29 is 17.2 Å². The molecule has 25 heavy (non-hydrogen) atoms. The van der Waals surface area contributed by atoms with Crippen molar-refractivity contribution in [2.75, 3.05) is 26.9 Å². The molecule has 0 saturated carbocycles. The lowest BCUT2D eigenvalue weighted by molar-refractivity contribution is 0.261. The molecular weight excluding hydrogens is 340 g/mol. The van der Waals surface area contributed by atoms with E-state index in [2.05, 4.69) is 47.3 Å². The van der Waals surface area contributed by atoms with Crippen molar-refractivity contribution in [1.82, 2.24) is 9.80 Å². The zero-order valence-corrected chi connectivity index (χ0v) is 17.1. The number of rotatable bonds is 13. The summed E-state index contributed by atoms with van der Waals surface area (Å²) in [6.45, 7) is 6.63. The molecule has 0 fully saturated rings. The van der Waals surface area contributed by atoms with Gasteiger partial charge in [-0.3, -0.25) is 4.55 Å². The van der Waals surface area contributed by atoms with Gasteiger partial charge in [0.2, 0.25) is 0 Å². The molecule has 0 saturated heterocycles. The van der Waals surface area contributed by atoms with Crippen molar-refractivity contribution in [2.45, 2.75) is 78.1 Å². The lowest BCUT2D eigenvalue weighted by Crippen LogP contribution is -2.21. The highest BCUT2D eigenvalue weighted by Gasteiger charge is 2.03. The van der Waals surface area contributed by atoms with Crippen LogP contribution in [0.4, 0.5) is 0 Å². The van der Waals surface area contributed by atoms with Gasteiger partial charge in [0.25, 0.3) is 0 Å².